The zero-order valence-corrected chi connectivity index (χ0v) is 41.3. The number of likely N-dealkylation sites (N-methyl/N-ethyl adjacent to an activating group) is 1. The fraction of sp³-hybridized carbons (Fsp3) is 0.412. The average molecular weight is 976 g/mol. The molecular formula is C51H65N19O2. The van der Waals surface area contributed by atoms with E-state index in [9.17, 15) is 9.59 Å². The Labute approximate surface area is 420 Å². The molecule has 2 saturated carbocycles. The molecule has 2 aromatic carbocycles. The van der Waals surface area contributed by atoms with Gasteiger partial charge < -0.3 is 47.9 Å². The number of nitriles is 2. The predicted octanol–water partition coefficient (Wildman–Crippen LogP) is 7.75. The zero-order chi connectivity index (χ0) is 50.7. The van der Waals surface area contributed by atoms with Crippen LogP contribution in [0.15, 0.2) is 72.8 Å². The fourth-order valence-electron chi connectivity index (χ4n) is 7.48. The van der Waals surface area contributed by atoms with Gasteiger partial charge in [-0.25, -0.2) is 0 Å². The summed E-state index contributed by atoms with van der Waals surface area (Å²) in [7, 11) is 1.75. The number of aromatic nitrogens is 8. The van der Waals surface area contributed by atoms with Crippen molar-refractivity contribution in [2.45, 2.75) is 96.4 Å². The summed E-state index contributed by atoms with van der Waals surface area (Å²) in [6.45, 7) is 7.68. The van der Waals surface area contributed by atoms with Gasteiger partial charge in [0.05, 0.1) is 31.0 Å². The van der Waals surface area contributed by atoms with Crippen molar-refractivity contribution < 1.29 is 9.59 Å². The summed E-state index contributed by atoms with van der Waals surface area (Å²) in [6, 6.07) is 26.9. The van der Waals surface area contributed by atoms with Gasteiger partial charge in [-0.15, -0.1) is 0 Å². The number of nitrogens with one attached hydrogen (secondary N) is 11. The first kappa shape index (κ1) is 51.5. The lowest BCUT2D eigenvalue weighted by atomic mass is 9.83. The van der Waals surface area contributed by atoms with Crippen LogP contribution in [0.2, 0.25) is 0 Å². The maximum atomic E-state index is 12.0. The number of H-pyrrole nitrogens is 2. The van der Waals surface area contributed by atoms with Crippen molar-refractivity contribution in [3.05, 3.63) is 95.3 Å². The third-order valence-corrected chi connectivity index (χ3v) is 12.6. The van der Waals surface area contributed by atoms with E-state index < -0.39 is 0 Å². The molecule has 0 saturated heterocycles. The van der Waals surface area contributed by atoms with Gasteiger partial charge in [-0.1, -0.05) is 51.0 Å². The Balaban J connectivity index is 0.000000211. The van der Waals surface area contributed by atoms with E-state index in [0.29, 0.717) is 97.7 Å². The molecule has 4 aromatic heterocycles. The summed E-state index contributed by atoms with van der Waals surface area (Å²) < 4.78 is 0. The quantitative estimate of drug-likeness (QED) is 0.0258. The summed E-state index contributed by atoms with van der Waals surface area (Å²) in [5.41, 5.74) is 5.79. The molecule has 21 heteroatoms. The Hall–Kier alpha value is -8.30. The van der Waals surface area contributed by atoms with Crippen molar-refractivity contribution in [2.24, 2.45) is 5.92 Å². The molecule has 0 radical (unpaired) electrons. The minimum absolute atomic E-state index is 0.00567. The summed E-state index contributed by atoms with van der Waals surface area (Å²) >= 11 is 0. The van der Waals surface area contributed by atoms with E-state index in [4.69, 9.17) is 10.5 Å². The van der Waals surface area contributed by atoms with Crippen LogP contribution in [0.1, 0.15) is 100 Å². The summed E-state index contributed by atoms with van der Waals surface area (Å²) in [6.07, 6.45) is 8.82. The number of carbonyl (C=O) groups is 2. The van der Waals surface area contributed by atoms with E-state index in [0.717, 1.165) is 40.3 Å². The van der Waals surface area contributed by atoms with Gasteiger partial charge in [0.15, 0.2) is 11.6 Å². The highest BCUT2D eigenvalue weighted by atomic mass is 16.2. The second-order valence-corrected chi connectivity index (χ2v) is 17.9. The van der Waals surface area contributed by atoms with Crippen LogP contribution in [-0.2, 0) is 22.4 Å². The van der Waals surface area contributed by atoms with Crippen LogP contribution in [0.3, 0.4) is 0 Å². The van der Waals surface area contributed by atoms with Crippen molar-refractivity contribution in [2.75, 3.05) is 65.1 Å². The molecule has 376 valence electrons. The van der Waals surface area contributed by atoms with Crippen molar-refractivity contribution in [3.63, 3.8) is 0 Å². The molecule has 72 heavy (non-hydrogen) atoms. The van der Waals surface area contributed by atoms with Gasteiger partial charge in [0.25, 0.3) is 0 Å². The van der Waals surface area contributed by atoms with Crippen molar-refractivity contribution in [3.8, 4) is 12.1 Å². The fourth-order valence-corrected chi connectivity index (χ4v) is 7.48. The lowest BCUT2D eigenvalue weighted by Gasteiger charge is -2.23. The van der Waals surface area contributed by atoms with Gasteiger partial charge in [0, 0.05) is 91.0 Å². The largest absolute Gasteiger partial charge is 0.368 e. The Morgan fingerprint density at radius 2 is 1.03 bits per heavy atom. The molecule has 0 unspecified atom stereocenters. The number of anilines is 10. The number of hydrogen-bond acceptors (Lipinski definition) is 17. The highest BCUT2D eigenvalue weighted by molar-refractivity contribution is 5.81. The molecular weight excluding hydrogens is 911 g/mol. The summed E-state index contributed by atoms with van der Waals surface area (Å²) in [4.78, 5) is 42.4. The van der Waals surface area contributed by atoms with Gasteiger partial charge in [0.2, 0.25) is 23.7 Å². The molecule has 0 bridgehead atoms. The molecule has 8 rings (SSSR count). The number of hydrogen-bond donors (Lipinski definition) is 11. The first-order valence-corrected chi connectivity index (χ1v) is 24.7. The number of benzene rings is 2. The van der Waals surface area contributed by atoms with Gasteiger partial charge in [-0.3, -0.25) is 19.8 Å². The molecule has 2 fully saturated rings. The van der Waals surface area contributed by atoms with Crippen LogP contribution in [0, 0.1) is 28.6 Å². The topological polar surface area (TPSA) is 299 Å². The maximum absolute atomic E-state index is 12.0. The first-order chi connectivity index (χ1) is 35.1. The number of nitrogens with zero attached hydrogens (tertiary/aromatic N) is 8. The van der Waals surface area contributed by atoms with Crippen molar-refractivity contribution in [1.82, 2.24) is 56.3 Å². The third-order valence-electron chi connectivity index (χ3n) is 12.6. The standard InChI is InChI=1S/C26H33N9O.C25H32N10O/c1-3-17(2)25(36)29-14-13-28-22-16-23(31-24-15-21(34-35-24)19-5-4-6-19)33-26(32-22)30-20-9-7-18(8-10-20)11-12-27;1-16(27-2)24(36)29-13-12-28-21-15-22(31-23-14-20(34-35-23)18-4-3-5-18)33-25(32-21)30-19-8-6-17(7-9-19)10-11-26/h7-10,15-17,19H,3-6,11,13-14H2,1-2H3,(H,29,36)(H4,28,30,31,32,33,34,35);6-9,14-16,18,27H,3-5,10,12-13H2,1-2H3,(H,29,36)(H4,28,30,31,32,33,34,35)/t17-;16-/m10/s1. The molecule has 0 aliphatic heterocycles. The molecule has 2 aliphatic rings. The lowest BCUT2D eigenvalue weighted by molar-refractivity contribution is -0.124. The van der Waals surface area contributed by atoms with Crippen LogP contribution >= 0.6 is 0 Å². The zero-order valence-electron chi connectivity index (χ0n) is 41.3. The molecule has 2 amide bonds. The Kier molecular flexibility index (Phi) is 18.7. The second-order valence-electron chi connectivity index (χ2n) is 17.9. The van der Waals surface area contributed by atoms with Gasteiger partial charge in [0.1, 0.15) is 23.3 Å². The average Bonchev–Trinajstić information content (AvgIpc) is 4.00. The van der Waals surface area contributed by atoms with E-state index in [-0.39, 0.29) is 23.8 Å². The normalized spacial score (nSPS) is 13.8. The van der Waals surface area contributed by atoms with Crippen LogP contribution < -0.4 is 47.9 Å². The van der Waals surface area contributed by atoms with Gasteiger partial charge in [-0.2, -0.15) is 40.7 Å². The van der Waals surface area contributed by atoms with Crippen LogP contribution in [-0.4, -0.2) is 91.4 Å². The highest BCUT2D eigenvalue weighted by Crippen LogP contribution is 2.37. The molecule has 2 aliphatic carbocycles. The molecule has 2 atom stereocenters. The number of amides is 2. The van der Waals surface area contributed by atoms with Crippen molar-refractivity contribution in [1.29, 1.82) is 10.5 Å². The molecule has 4 heterocycles. The first-order valence-electron chi connectivity index (χ1n) is 24.7. The monoisotopic (exact) mass is 976 g/mol. The number of carbonyl (C=O) groups excluding carboxylic acids is 2. The Morgan fingerprint density at radius 1 is 0.597 bits per heavy atom. The number of aromatic amines is 2. The van der Waals surface area contributed by atoms with E-state index in [2.05, 4.69) is 100 Å². The Bertz CT molecular complexity index is 2580. The minimum atomic E-state index is -0.256. The molecule has 11 N–H and O–H groups in total. The van der Waals surface area contributed by atoms with Gasteiger partial charge in [-0.05, 0) is 81.5 Å². The highest BCUT2D eigenvalue weighted by Gasteiger charge is 2.23. The van der Waals surface area contributed by atoms with Crippen LogP contribution in [0.25, 0.3) is 0 Å². The van der Waals surface area contributed by atoms with Crippen LogP contribution in [0.4, 0.5) is 58.2 Å². The molecule has 21 nitrogen and oxygen atoms in total. The van der Waals surface area contributed by atoms with E-state index in [1.54, 1.807) is 20.0 Å². The third kappa shape index (κ3) is 15.3. The van der Waals surface area contributed by atoms with Gasteiger partial charge >= 0.3 is 0 Å². The summed E-state index contributed by atoms with van der Waals surface area (Å²) in [5, 5.41) is 61.0. The SMILES string of the molecule is CC[C@@H](C)C(=O)NCCNc1cc(Nc2cc(C3CCC3)[nH]n2)nc(Nc2ccc(CC#N)cc2)n1.CN[C@@H](C)C(=O)NCCNc1cc(Nc2cc(C3CCC3)[nH]n2)nc(Nc2ccc(CC#N)cc2)n1. The summed E-state index contributed by atoms with van der Waals surface area (Å²) in [5.74, 6) is 5.68. The van der Waals surface area contributed by atoms with Crippen LogP contribution in [0.5, 0.6) is 0 Å². The molecule has 0 spiro atoms. The van der Waals surface area contributed by atoms with E-state index in [1.165, 1.54) is 38.5 Å². The van der Waals surface area contributed by atoms with E-state index >= 15 is 0 Å². The smallest absolute Gasteiger partial charge is 0.236 e. The molecule has 6 aromatic rings. The van der Waals surface area contributed by atoms with Crippen molar-refractivity contribution >= 4 is 70.0 Å². The van der Waals surface area contributed by atoms with E-state index in [1.807, 2.05) is 80.6 Å². The predicted molar refractivity (Wildman–Crippen MR) is 280 cm³/mol. The minimum Gasteiger partial charge on any atom is -0.368 e. The maximum Gasteiger partial charge on any atom is 0.236 e. The second kappa shape index (κ2) is 26.1. The number of rotatable bonds is 24. The lowest BCUT2D eigenvalue weighted by Crippen LogP contribution is -2.42. The Morgan fingerprint density at radius 3 is 1.42 bits per heavy atom.